The van der Waals surface area contributed by atoms with Gasteiger partial charge in [0.15, 0.2) is 17.3 Å². The summed E-state index contributed by atoms with van der Waals surface area (Å²) < 4.78 is 11.5. The maximum Gasteiger partial charge on any atom is 0.220 e. The molecule has 1 fully saturated rings. The average Bonchev–Trinajstić information content (AvgIpc) is 3.46. The molecule has 0 spiro atoms. The third-order valence-electron chi connectivity index (χ3n) is 7.06. The number of rotatable bonds is 13. The molecule has 2 aliphatic heterocycles. The van der Waals surface area contributed by atoms with E-state index in [1.54, 1.807) is 30.5 Å². The molecule has 4 rings (SSSR count). The number of allylic oxidation sites excluding steroid dienone is 4. The Morgan fingerprint density at radius 2 is 1.82 bits per heavy atom. The van der Waals surface area contributed by atoms with E-state index in [2.05, 4.69) is 16.3 Å². The fraction of sp³-hybridized carbons (Fsp3) is 0.467. The van der Waals surface area contributed by atoms with E-state index in [1.165, 1.54) is 6.26 Å². The van der Waals surface area contributed by atoms with E-state index in [1.807, 2.05) is 12.2 Å². The zero-order chi connectivity index (χ0) is 26.7. The average molecular weight is 541 g/mol. The molecule has 0 saturated carbocycles. The van der Waals surface area contributed by atoms with Crippen LogP contribution in [0.5, 0.6) is 0 Å². The van der Waals surface area contributed by atoms with Gasteiger partial charge in [0.2, 0.25) is 5.91 Å². The molecule has 1 saturated heterocycles. The summed E-state index contributed by atoms with van der Waals surface area (Å²) in [5.41, 5.74) is 1.67. The number of halogens is 1. The lowest BCUT2D eigenvalue weighted by Gasteiger charge is -2.30. The molecule has 2 atom stereocenters. The third-order valence-corrected chi connectivity index (χ3v) is 7.32. The van der Waals surface area contributed by atoms with E-state index >= 15 is 0 Å². The third kappa shape index (κ3) is 8.32. The number of ether oxygens (including phenoxy) is 2. The van der Waals surface area contributed by atoms with Gasteiger partial charge in [-0.3, -0.25) is 9.59 Å². The van der Waals surface area contributed by atoms with Crippen molar-refractivity contribution in [1.82, 2.24) is 10.2 Å². The van der Waals surface area contributed by atoms with Crippen LogP contribution in [0.15, 0.2) is 72.1 Å². The summed E-state index contributed by atoms with van der Waals surface area (Å²) >= 11 is 5.89. The fourth-order valence-corrected chi connectivity index (χ4v) is 5.02. The fourth-order valence-electron chi connectivity index (χ4n) is 4.89. The summed E-state index contributed by atoms with van der Waals surface area (Å²) in [5.74, 6) is 0.843. The molecule has 8 heteroatoms. The van der Waals surface area contributed by atoms with Gasteiger partial charge < -0.3 is 24.8 Å². The first-order valence-electron chi connectivity index (χ1n) is 13.6. The highest BCUT2D eigenvalue weighted by Crippen LogP contribution is 2.28. The maximum absolute atomic E-state index is 12.8. The number of carbonyl (C=O) groups is 2. The monoisotopic (exact) mass is 540 g/mol. The molecule has 38 heavy (non-hydrogen) atoms. The minimum atomic E-state index is -1.04. The number of nitrogens with one attached hydrogen (secondary N) is 1. The second kappa shape index (κ2) is 14.3. The highest BCUT2D eigenvalue weighted by molar-refractivity contribution is 6.30. The van der Waals surface area contributed by atoms with Crippen LogP contribution in [0.3, 0.4) is 0 Å². The number of nitrogens with zero attached hydrogens (tertiary/aromatic N) is 1. The minimum absolute atomic E-state index is 0.0799. The number of aliphatic hydroxyl groups is 1. The Morgan fingerprint density at radius 3 is 2.55 bits per heavy atom. The predicted molar refractivity (Wildman–Crippen MR) is 147 cm³/mol. The van der Waals surface area contributed by atoms with Crippen LogP contribution in [0.1, 0.15) is 68.1 Å². The van der Waals surface area contributed by atoms with Gasteiger partial charge in [0.05, 0.1) is 6.04 Å². The Labute approximate surface area is 229 Å². The van der Waals surface area contributed by atoms with Crippen molar-refractivity contribution in [2.24, 2.45) is 0 Å². The largest absolute Gasteiger partial charge is 0.465 e. The topological polar surface area (TPSA) is 88.1 Å². The van der Waals surface area contributed by atoms with Gasteiger partial charge in [-0.1, -0.05) is 36.2 Å². The summed E-state index contributed by atoms with van der Waals surface area (Å²) in [6.45, 7) is 2.43. The number of carbonyl (C=O) groups excluding carboxylic acids is 2. The SMILES string of the molecule is O=C(CCCCCC(=O)c1ccc(Cl)cc1)N[C@H](CN1CCCC1)[C@@H](O)C1=COC=C(C2=CC=CCC2)O1. The number of hydrogen-bond donors (Lipinski definition) is 2. The normalized spacial score (nSPS) is 18.9. The lowest BCUT2D eigenvalue weighted by Crippen LogP contribution is -2.51. The van der Waals surface area contributed by atoms with Crippen LogP contribution in [0.4, 0.5) is 0 Å². The van der Waals surface area contributed by atoms with Gasteiger partial charge in [-0.15, -0.1) is 0 Å². The highest BCUT2D eigenvalue weighted by Gasteiger charge is 2.31. The lowest BCUT2D eigenvalue weighted by atomic mass is 10.0. The van der Waals surface area contributed by atoms with Gasteiger partial charge in [0.25, 0.3) is 0 Å². The number of Topliss-reactive ketones (excluding diaryl/α,β-unsaturated/α-hetero) is 1. The molecule has 1 aromatic carbocycles. The van der Waals surface area contributed by atoms with Crippen LogP contribution in [-0.2, 0) is 14.3 Å². The molecule has 0 unspecified atom stereocenters. The second-order valence-corrected chi connectivity index (χ2v) is 10.5. The minimum Gasteiger partial charge on any atom is -0.465 e. The van der Waals surface area contributed by atoms with Gasteiger partial charge in [-0.25, -0.2) is 0 Å². The molecule has 1 aromatic rings. The number of aliphatic hydroxyl groups excluding tert-OH is 1. The number of ketones is 1. The van der Waals surface area contributed by atoms with E-state index in [-0.39, 0.29) is 11.7 Å². The Morgan fingerprint density at radius 1 is 1.05 bits per heavy atom. The molecular weight excluding hydrogens is 504 g/mol. The van der Waals surface area contributed by atoms with E-state index in [0.717, 1.165) is 50.8 Å². The first-order chi connectivity index (χ1) is 18.5. The van der Waals surface area contributed by atoms with Crippen molar-refractivity contribution < 1.29 is 24.2 Å². The number of likely N-dealkylation sites (tertiary alicyclic amines) is 1. The zero-order valence-electron chi connectivity index (χ0n) is 21.7. The molecule has 1 amide bonds. The van der Waals surface area contributed by atoms with Gasteiger partial charge in [0.1, 0.15) is 18.6 Å². The van der Waals surface area contributed by atoms with E-state index < -0.39 is 12.1 Å². The number of hydrogen-bond acceptors (Lipinski definition) is 6. The Bertz CT molecular complexity index is 1090. The van der Waals surface area contributed by atoms with Crippen LogP contribution in [0.25, 0.3) is 0 Å². The molecule has 0 aromatic heterocycles. The standard InChI is InChI=1S/C30H37ClN2O5/c31-24-15-13-22(14-16-24)26(34)11-5-2-6-12-29(35)32-25(19-33-17-7-8-18-33)30(36)28-21-37-20-27(38-28)23-9-3-1-4-10-23/h1,3,9,13-16,20-21,25,30,36H,2,4-8,10-12,17-19H2,(H,32,35)/t25-,30-/m1/s1. The number of amides is 1. The van der Waals surface area contributed by atoms with Gasteiger partial charge >= 0.3 is 0 Å². The Hall–Kier alpha value is -2.87. The van der Waals surface area contributed by atoms with Crippen LogP contribution in [0, 0.1) is 0 Å². The summed E-state index contributed by atoms with van der Waals surface area (Å²) in [7, 11) is 0. The molecule has 0 radical (unpaired) electrons. The number of unbranched alkanes of at least 4 members (excludes halogenated alkanes) is 2. The molecule has 2 N–H and O–H groups in total. The summed E-state index contributed by atoms with van der Waals surface area (Å²) in [5, 5.41) is 14.9. The van der Waals surface area contributed by atoms with Crippen molar-refractivity contribution in [3.05, 3.63) is 82.7 Å². The molecule has 7 nitrogen and oxygen atoms in total. The van der Waals surface area contributed by atoms with Crippen molar-refractivity contribution in [3.8, 4) is 0 Å². The first-order valence-corrected chi connectivity index (χ1v) is 14.0. The van der Waals surface area contributed by atoms with Crippen LogP contribution < -0.4 is 5.32 Å². The van der Waals surface area contributed by atoms with Crippen LogP contribution in [0.2, 0.25) is 5.02 Å². The van der Waals surface area contributed by atoms with Gasteiger partial charge in [0, 0.05) is 30.0 Å². The Balaban J connectivity index is 1.26. The van der Waals surface area contributed by atoms with Crippen LogP contribution >= 0.6 is 11.6 Å². The van der Waals surface area contributed by atoms with Crippen molar-refractivity contribution in [3.63, 3.8) is 0 Å². The molecule has 3 aliphatic rings. The van der Waals surface area contributed by atoms with E-state index in [9.17, 15) is 14.7 Å². The summed E-state index contributed by atoms with van der Waals surface area (Å²) in [6.07, 6.45) is 14.9. The van der Waals surface area contributed by atoms with E-state index in [4.69, 9.17) is 21.1 Å². The first kappa shape index (κ1) is 28.1. The maximum atomic E-state index is 12.8. The van der Waals surface area contributed by atoms with Crippen molar-refractivity contribution in [1.29, 1.82) is 0 Å². The van der Waals surface area contributed by atoms with Crippen LogP contribution in [-0.4, -0.2) is 53.5 Å². The molecule has 2 heterocycles. The smallest absolute Gasteiger partial charge is 0.220 e. The van der Waals surface area contributed by atoms with Crippen molar-refractivity contribution in [2.45, 2.75) is 69.9 Å². The zero-order valence-corrected chi connectivity index (χ0v) is 22.5. The van der Waals surface area contributed by atoms with Crippen molar-refractivity contribution >= 4 is 23.3 Å². The van der Waals surface area contributed by atoms with Crippen molar-refractivity contribution in [2.75, 3.05) is 19.6 Å². The lowest BCUT2D eigenvalue weighted by molar-refractivity contribution is -0.123. The highest BCUT2D eigenvalue weighted by atomic mass is 35.5. The molecule has 1 aliphatic carbocycles. The summed E-state index contributed by atoms with van der Waals surface area (Å²) in [4.78, 5) is 27.4. The van der Waals surface area contributed by atoms with E-state index in [0.29, 0.717) is 54.3 Å². The second-order valence-electron chi connectivity index (χ2n) is 10.0. The quantitative estimate of drug-likeness (QED) is 0.256. The summed E-state index contributed by atoms with van der Waals surface area (Å²) in [6, 6.07) is 6.38. The Kier molecular flexibility index (Phi) is 10.6. The number of benzene rings is 1. The molecule has 204 valence electrons. The predicted octanol–water partition coefficient (Wildman–Crippen LogP) is 5.42. The molecular formula is C30H37ClN2O5. The van der Waals surface area contributed by atoms with Gasteiger partial charge in [-0.2, -0.15) is 0 Å². The molecule has 0 bridgehead atoms. The van der Waals surface area contributed by atoms with Gasteiger partial charge in [-0.05, 0) is 81.5 Å².